The molecule has 6 heteroatoms. The monoisotopic (exact) mass is 344 g/mol. The highest BCUT2D eigenvalue weighted by molar-refractivity contribution is 9.10. The molecule has 1 atom stereocenters. The van der Waals surface area contributed by atoms with E-state index in [2.05, 4.69) is 21.2 Å². The van der Waals surface area contributed by atoms with Crippen LogP contribution in [0.2, 0.25) is 0 Å². The van der Waals surface area contributed by atoms with Crippen LogP contribution in [0.5, 0.6) is 0 Å². The number of carbonyl (C=O) groups is 1. The summed E-state index contributed by atoms with van der Waals surface area (Å²) in [4.78, 5) is 12.0. The zero-order valence-electron chi connectivity index (χ0n) is 11.1. The van der Waals surface area contributed by atoms with E-state index in [0.29, 0.717) is 24.2 Å². The van der Waals surface area contributed by atoms with E-state index in [4.69, 9.17) is 10.5 Å². The van der Waals surface area contributed by atoms with Crippen LogP contribution in [0.25, 0.3) is 0 Å². The predicted octanol–water partition coefficient (Wildman–Crippen LogP) is 1.96. The van der Waals surface area contributed by atoms with E-state index in [-0.39, 0.29) is 17.6 Å². The topological polar surface area (TPSA) is 64.4 Å². The molecule has 2 rings (SSSR count). The zero-order valence-corrected chi connectivity index (χ0v) is 12.7. The summed E-state index contributed by atoms with van der Waals surface area (Å²) in [5.41, 5.74) is 6.80. The minimum Gasteiger partial charge on any atom is -0.381 e. The van der Waals surface area contributed by atoms with E-state index in [0.717, 1.165) is 18.4 Å². The number of hydrogen-bond acceptors (Lipinski definition) is 3. The maximum absolute atomic E-state index is 13.0. The second-order valence-corrected chi connectivity index (χ2v) is 5.78. The standard InChI is InChI=1S/C14H18BrFN2O2/c15-12-7-11(16)2-1-10(12)8-18-14(19)13(17)9-3-5-20-6-4-9/h1-2,7,9,13H,3-6,8,17H2,(H,18,19). The molecule has 0 aromatic heterocycles. The van der Waals surface area contributed by atoms with Crippen molar-refractivity contribution in [1.29, 1.82) is 0 Å². The number of rotatable bonds is 4. The Hall–Kier alpha value is -0.980. The average Bonchev–Trinajstić information content (AvgIpc) is 2.46. The van der Waals surface area contributed by atoms with Gasteiger partial charge in [0.1, 0.15) is 5.82 Å². The van der Waals surface area contributed by atoms with Gasteiger partial charge in [0.15, 0.2) is 0 Å². The Morgan fingerprint density at radius 2 is 2.20 bits per heavy atom. The SMILES string of the molecule is NC(C(=O)NCc1ccc(F)cc1Br)C1CCOCC1. The minimum atomic E-state index is -0.516. The molecule has 3 N–H and O–H groups in total. The van der Waals surface area contributed by atoms with E-state index < -0.39 is 6.04 Å². The van der Waals surface area contributed by atoms with E-state index in [1.165, 1.54) is 12.1 Å². The Labute approximate surface area is 126 Å². The summed E-state index contributed by atoms with van der Waals surface area (Å²) in [6, 6.07) is 3.86. The molecule has 4 nitrogen and oxygen atoms in total. The molecule has 1 unspecified atom stereocenters. The number of nitrogens with one attached hydrogen (secondary N) is 1. The maximum atomic E-state index is 13.0. The van der Waals surface area contributed by atoms with Gasteiger partial charge in [0.2, 0.25) is 5.91 Å². The van der Waals surface area contributed by atoms with Gasteiger partial charge >= 0.3 is 0 Å². The fourth-order valence-electron chi connectivity index (χ4n) is 2.25. The van der Waals surface area contributed by atoms with Gasteiger partial charge < -0.3 is 15.8 Å². The number of ether oxygens (including phenoxy) is 1. The first-order chi connectivity index (χ1) is 9.58. The number of nitrogens with two attached hydrogens (primary N) is 1. The molecule has 1 aliphatic heterocycles. The van der Waals surface area contributed by atoms with Crippen molar-refractivity contribution in [3.8, 4) is 0 Å². The fraction of sp³-hybridized carbons (Fsp3) is 0.500. The van der Waals surface area contributed by atoms with Gasteiger partial charge in [-0.25, -0.2) is 4.39 Å². The van der Waals surface area contributed by atoms with Crippen LogP contribution in [0.15, 0.2) is 22.7 Å². The molecule has 0 saturated carbocycles. The molecule has 1 fully saturated rings. The largest absolute Gasteiger partial charge is 0.381 e. The molecular formula is C14H18BrFN2O2. The number of hydrogen-bond donors (Lipinski definition) is 2. The molecule has 1 heterocycles. The van der Waals surface area contributed by atoms with Crippen molar-refractivity contribution in [3.63, 3.8) is 0 Å². The van der Waals surface area contributed by atoms with Crippen LogP contribution >= 0.6 is 15.9 Å². The van der Waals surface area contributed by atoms with Crippen LogP contribution < -0.4 is 11.1 Å². The molecule has 0 spiro atoms. The van der Waals surface area contributed by atoms with Crippen molar-refractivity contribution in [3.05, 3.63) is 34.1 Å². The zero-order chi connectivity index (χ0) is 14.5. The predicted molar refractivity (Wildman–Crippen MR) is 77.5 cm³/mol. The normalized spacial score (nSPS) is 17.8. The van der Waals surface area contributed by atoms with Crippen LogP contribution in [0.3, 0.4) is 0 Å². The average molecular weight is 345 g/mol. The van der Waals surface area contributed by atoms with Crippen molar-refractivity contribution >= 4 is 21.8 Å². The Balaban J connectivity index is 1.87. The van der Waals surface area contributed by atoms with Gasteiger partial charge in [-0.2, -0.15) is 0 Å². The van der Waals surface area contributed by atoms with Gasteiger partial charge in [-0.1, -0.05) is 22.0 Å². The quantitative estimate of drug-likeness (QED) is 0.877. The van der Waals surface area contributed by atoms with Gasteiger partial charge in [-0.3, -0.25) is 4.79 Å². The van der Waals surface area contributed by atoms with Gasteiger partial charge in [0, 0.05) is 24.2 Å². The smallest absolute Gasteiger partial charge is 0.237 e. The molecule has 0 aliphatic carbocycles. The third-order valence-corrected chi connectivity index (χ3v) is 4.28. The highest BCUT2D eigenvalue weighted by Gasteiger charge is 2.26. The summed E-state index contributed by atoms with van der Waals surface area (Å²) in [6.07, 6.45) is 1.63. The van der Waals surface area contributed by atoms with Crippen molar-refractivity contribution in [1.82, 2.24) is 5.32 Å². The first kappa shape index (κ1) is 15.4. The van der Waals surface area contributed by atoms with Gasteiger partial charge in [0.25, 0.3) is 0 Å². The second-order valence-electron chi connectivity index (χ2n) is 4.93. The Morgan fingerprint density at radius 3 is 2.85 bits per heavy atom. The lowest BCUT2D eigenvalue weighted by Gasteiger charge is -2.26. The fourth-order valence-corrected chi connectivity index (χ4v) is 2.75. The molecule has 110 valence electrons. The van der Waals surface area contributed by atoms with Crippen molar-refractivity contribution in [2.45, 2.75) is 25.4 Å². The van der Waals surface area contributed by atoms with E-state index in [1.807, 2.05) is 0 Å². The van der Waals surface area contributed by atoms with E-state index in [9.17, 15) is 9.18 Å². The minimum absolute atomic E-state index is 0.167. The number of benzene rings is 1. The summed E-state index contributed by atoms with van der Waals surface area (Å²) in [5.74, 6) is -0.320. The summed E-state index contributed by atoms with van der Waals surface area (Å²) in [5, 5.41) is 2.80. The molecule has 1 aromatic carbocycles. The van der Waals surface area contributed by atoms with Crippen LogP contribution in [-0.4, -0.2) is 25.2 Å². The summed E-state index contributed by atoms with van der Waals surface area (Å²) in [6.45, 7) is 1.65. The van der Waals surface area contributed by atoms with E-state index in [1.54, 1.807) is 6.07 Å². The molecular weight excluding hydrogens is 327 g/mol. The Morgan fingerprint density at radius 1 is 1.50 bits per heavy atom. The molecule has 1 aliphatic rings. The Kier molecular flexibility index (Phi) is 5.51. The third-order valence-electron chi connectivity index (χ3n) is 3.54. The summed E-state index contributed by atoms with van der Waals surface area (Å²) < 4.78 is 18.9. The Bertz CT molecular complexity index is 478. The first-order valence-corrected chi connectivity index (χ1v) is 7.42. The summed E-state index contributed by atoms with van der Waals surface area (Å²) >= 11 is 3.27. The van der Waals surface area contributed by atoms with Crippen LogP contribution in [0.4, 0.5) is 4.39 Å². The molecule has 1 amide bonds. The highest BCUT2D eigenvalue weighted by Crippen LogP contribution is 2.19. The highest BCUT2D eigenvalue weighted by atomic mass is 79.9. The van der Waals surface area contributed by atoms with Crippen molar-refractivity contribution in [2.75, 3.05) is 13.2 Å². The lowest BCUT2D eigenvalue weighted by atomic mass is 9.92. The number of amides is 1. The number of carbonyl (C=O) groups excluding carboxylic acids is 1. The van der Waals surface area contributed by atoms with Gasteiger partial charge in [-0.15, -0.1) is 0 Å². The van der Waals surface area contributed by atoms with Crippen molar-refractivity contribution < 1.29 is 13.9 Å². The van der Waals surface area contributed by atoms with Crippen LogP contribution in [0.1, 0.15) is 18.4 Å². The first-order valence-electron chi connectivity index (χ1n) is 6.63. The molecule has 1 aromatic rings. The number of halogens is 2. The maximum Gasteiger partial charge on any atom is 0.237 e. The van der Waals surface area contributed by atoms with Crippen LogP contribution in [0, 0.1) is 11.7 Å². The molecule has 1 saturated heterocycles. The molecule has 0 bridgehead atoms. The lowest BCUT2D eigenvalue weighted by Crippen LogP contribution is -2.46. The van der Waals surface area contributed by atoms with Crippen LogP contribution in [-0.2, 0) is 16.1 Å². The van der Waals surface area contributed by atoms with E-state index >= 15 is 0 Å². The summed E-state index contributed by atoms with van der Waals surface area (Å²) in [7, 11) is 0. The van der Waals surface area contributed by atoms with Gasteiger partial charge in [0.05, 0.1) is 6.04 Å². The van der Waals surface area contributed by atoms with Crippen molar-refractivity contribution in [2.24, 2.45) is 11.7 Å². The molecule has 0 radical (unpaired) electrons. The third kappa shape index (κ3) is 4.01. The lowest BCUT2D eigenvalue weighted by molar-refractivity contribution is -0.124. The second kappa shape index (κ2) is 7.15. The molecule has 20 heavy (non-hydrogen) atoms. The van der Waals surface area contributed by atoms with Gasteiger partial charge in [-0.05, 0) is 36.5 Å².